The third-order valence-electron chi connectivity index (χ3n) is 13.5. The number of carboxylic acids is 1. The van der Waals surface area contributed by atoms with Crippen molar-refractivity contribution >= 4 is 85.7 Å². The molecule has 16 N–H and O–H groups in total. The maximum Gasteiger partial charge on any atom is 0.327 e. The first-order valence-electron chi connectivity index (χ1n) is 26.7. The number of aliphatic carboxylic acids is 1. The number of aliphatic hydroxyl groups excluding tert-OH is 1. The third kappa shape index (κ3) is 19.1. The minimum Gasteiger partial charge on any atom is -0.508 e. The summed E-state index contributed by atoms with van der Waals surface area (Å²) in [5.41, 5.74) is 15.2. The molecule has 1 aromatic heterocycles. The number of hydrogen-bond donors (Lipinski definition) is 14. The number of aliphatic hydroxyl groups is 1. The maximum absolute atomic E-state index is 14.7. The number of H-pyrrole nitrogens is 1. The Morgan fingerprint density at radius 3 is 1.78 bits per heavy atom. The lowest BCUT2D eigenvalue weighted by Crippen LogP contribution is -2.62. The molecule has 438 valence electrons. The van der Waals surface area contributed by atoms with Gasteiger partial charge < -0.3 is 74.3 Å². The maximum atomic E-state index is 14.7. The Morgan fingerprint density at radius 2 is 1.16 bits per heavy atom. The number of benzene rings is 4. The van der Waals surface area contributed by atoms with E-state index in [1.54, 1.807) is 85.1 Å². The van der Waals surface area contributed by atoms with E-state index >= 15 is 0 Å². The van der Waals surface area contributed by atoms with Gasteiger partial charge in [0.15, 0.2) is 0 Å². The van der Waals surface area contributed by atoms with Crippen LogP contribution in [0, 0.1) is 0 Å². The molecule has 2 heterocycles. The molecule has 0 radical (unpaired) electrons. The predicted octanol–water partition coefficient (Wildman–Crippen LogP) is 0.359. The number of phenols is 1. The Bertz CT molecular complexity index is 2990. The number of rotatable bonds is 16. The molecule has 6 rings (SSSR count). The van der Waals surface area contributed by atoms with Crippen LogP contribution in [0.1, 0.15) is 55.4 Å². The van der Waals surface area contributed by atoms with Crippen molar-refractivity contribution < 1.29 is 58.5 Å². The van der Waals surface area contributed by atoms with E-state index in [0.717, 1.165) is 32.5 Å². The molecule has 23 nitrogen and oxygen atoms in total. The minimum atomic E-state index is -1.72. The Kier molecular flexibility index (Phi) is 24.1. The number of amides is 8. The van der Waals surface area contributed by atoms with E-state index in [9.17, 15) is 58.5 Å². The molecule has 0 spiro atoms. The molecule has 10 atom stereocenters. The normalized spacial score (nSPS) is 23.1. The fourth-order valence-electron chi connectivity index (χ4n) is 8.87. The summed E-state index contributed by atoms with van der Waals surface area (Å²) < 4.78 is 0. The number of nitrogens with one attached hydrogen (secondary N) is 9. The van der Waals surface area contributed by atoms with Gasteiger partial charge in [0.1, 0.15) is 54.1 Å². The summed E-state index contributed by atoms with van der Waals surface area (Å²) in [5.74, 6) is -8.98. The lowest BCUT2D eigenvalue weighted by Gasteiger charge is -2.28. The summed E-state index contributed by atoms with van der Waals surface area (Å²) >= 11 is 0. The van der Waals surface area contributed by atoms with Crippen LogP contribution >= 0.6 is 21.6 Å². The predicted molar refractivity (Wildman–Crippen MR) is 310 cm³/mol. The fourth-order valence-corrected chi connectivity index (χ4v) is 11.2. The zero-order valence-corrected chi connectivity index (χ0v) is 46.9. The van der Waals surface area contributed by atoms with Gasteiger partial charge in [-0.3, -0.25) is 38.4 Å². The second kappa shape index (κ2) is 31.3. The lowest BCUT2D eigenvalue weighted by molar-refractivity contribution is -0.141. The van der Waals surface area contributed by atoms with Gasteiger partial charge in [0.05, 0.1) is 12.1 Å². The SMILES string of the molecule is C[C@@H]1NC(=O)[C@H](Cc2ccccc2)NC(=O)[C@@H](NC(=O)[C@@H](N)Cc2ccc(O)cc2)CSSC[C@@H](C(=O)O)NC(=O)[C@H](Cc2ccccc2)NC(=O)[C@H]([C@@H](C)O)NC(=O)[C@H](CCCCN)NC(=O)[C@H](Cc2c[nH]c3ccccc23)NC1=O. The largest absolute Gasteiger partial charge is 0.508 e. The first-order valence-corrected chi connectivity index (χ1v) is 29.2. The molecular formula is C57H71N11O12S2. The van der Waals surface area contributed by atoms with Crippen molar-refractivity contribution in [3.8, 4) is 5.75 Å². The number of aromatic hydroxyl groups is 1. The van der Waals surface area contributed by atoms with Gasteiger partial charge in [0, 0.05) is 47.9 Å². The Hall–Kier alpha value is -7.97. The van der Waals surface area contributed by atoms with Crippen molar-refractivity contribution in [1.82, 2.24) is 47.5 Å². The third-order valence-corrected chi connectivity index (χ3v) is 15.9. The molecule has 82 heavy (non-hydrogen) atoms. The van der Waals surface area contributed by atoms with Crippen LogP contribution < -0.4 is 54.0 Å². The number of aromatic amines is 1. The number of phenolic OH excluding ortho intramolecular Hbond substituents is 1. The van der Waals surface area contributed by atoms with Gasteiger partial charge in [0.25, 0.3) is 0 Å². The van der Waals surface area contributed by atoms with Crippen molar-refractivity contribution in [2.45, 2.75) is 119 Å². The second-order valence-corrected chi connectivity index (χ2v) is 22.5. The van der Waals surface area contributed by atoms with Crippen LogP contribution in [0.5, 0.6) is 5.75 Å². The highest BCUT2D eigenvalue weighted by atomic mass is 33.1. The Labute approximate surface area is 481 Å². The lowest BCUT2D eigenvalue weighted by atomic mass is 10.0. The average Bonchev–Trinajstić information content (AvgIpc) is 4.02. The average molecular weight is 1170 g/mol. The molecule has 0 unspecified atom stereocenters. The summed E-state index contributed by atoms with van der Waals surface area (Å²) in [4.78, 5) is 130. The van der Waals surface area contributed by atoms with Crippen molar-refractivity contribution in [3.63, 3.8) is 0 Å². The van der Waals surface area contributed by atoms with Crippen LogP contribution in [0.3, 0.4) is 0 Å². The number of nitrogens with two attached hydrogens (primary N) is 2. The summed E-state index contributed by atoms with van der Waals surface area (Å²) in [7, 11) is 1.88. The number of aromatic nitrogens is 1. The van der Waals surface area contributed by atoms with Gasteiger partial charge in [-0.05, 0) is 86.5 Å². The number of unbranched alkanes of at least 4 members (excludes halogenated alkanes) is 1. The summed E-state index contributed by atoms with van der Waals surface area (Å²) in [6.07, 6.45) is 0.421. The number of hydrogen-bond acceptors (Lipinski definition) is 15. The van der Waals surface area contributed by atoms with E-state index < -0.39 is 114 Å². The van der Waals surface area contributed by atoms with Crippen molar-refractivity contribution in [2.75, 3.05) is 18.1 Å². The van der Waals surface area contributed by atoms with Gasteiger partial charge >= 0.3 is 5.97 Å². The monoisotopic (exact) mass is 1170 g/mol. The quantitative estimate of drug-likeness (QED) is 0.0468. The van der Waals surface area contributed by atoms with Crippen LogP contribution in [0.25, 0.3) is 10.9 Å². The van der Waals surface area contributed by atoms with Crippen LogP contribution in [0.4, 0.5) is 0 Å². The highest BCUT2D eigenvalue weighted by Gasteiger charge is 2.36. The number of carbonyl (C=O) groups is 9. The smallest absolute Gasteiger partial charge is 0.327 e. The van der Waals surface area contributed by atoms with Crippen molar-refractivity contribution in [2.24, 2.45) is 11.5 Å². The van der Waals surface area contributed by atoms with Crippen LogP contribution in [-0.2, 0) is 68.8 Å². The Morgan fingerprint density at radius 1 is 0.622 bits per heavy atom. The summed E-state index contributed by atoms with van der Waals surface area (Å²) in [5, 5.41) is 53.0. The van der Waals surface area contributed by atoms with Gasteiger partial charge in [-0.15, -0.1) is 0 Å². The molecule has 0 bridgehead atoms. The van der Waals surface area contributed by atoms with Gasteiger partial charge in [-0.2, -0.15) is 0 Å². The van der Waals surface area contributed by atoms with Crippen molar-refractivity contribution in [3.05, 3.63) is 138 Å². The second-order valence-electron chi connectivity index (χ2n) is 19.9. The van der Waals surface area contributed by atoms with Gasteiger partial charge in [-0.25, -0.2) is 4.79 Å². The molecule has 1 aliphatic heterocycles. The molecular weight excluding hydrogens is 1090 g/mol. The first-order chi connectivity index (χ1) is 39.3. The number of carbonyl (C=O) groups excluding carboxylic acids is 8. The fraction of sp³-hybridized carbons (Fsp3) is 0.386. The topological polar surface area (TPSA) is 378 Å². The van der Waals surface area contributed by atoms with E-state index in [4.69, 9.17) is 11.5 Å². The molecule has 1 fully saturated rings. The number of fused-ring (bicyclic) bond motifs is 1. The Balaban J connectivity index is 1.37. The van der Waals surface area contributed by atoms with Crippen LogP contribution in [0.15, 0.2) is 115 Å². The van der Waals surface area contributed by atoms with Gasteiger partial charge in [-0.1, -0.05) is 113 Å². The summed E-state index contributed by atoms with van der Waals surface area (Å²) in [6.45, 7) is 2.84. The van der Waals surface area contributed by atoms with E-state index in [2.05, 4.69) is 47.5 Å². The van der Waals surface area contributed by atoms with Crippen LogP contribution in [-0.4, -0.2) is 152 Å². The molecule has 0 saturated carbocycles. The van der Waals surface area contributed by atoms with Gasteiger partial charge in [0.2, 0.25) is 47.3 Å². The van der Waals surface area contributed by atoms with E-state index in [1.165, 1.54) is 26.0 Å². The molecule has 1 saturated heterocycles. The molecule has 0 aliphatic carbocycles. The first kappa shape index (κ1) is 63.2. The van der Waals surface area contributed by atoms with Crippen molar-refractivity contribution in [1.29, 1.82) is 0 Å². The standard InChI is InChI=1S/C57H71N11O12S2/c1-32-49(71)63-45(28-37-29-60-41-18-10-9-17-39(37)41)54(76)62-42(19-11-12-24-58)51(73)68-48(33(2)69)56(78)65-44(27-35-15-7-4-8-16-35)53(75)67-47(57(79)80)31-82-81-30-46(66-50(72)40(59)25-36-20-22-38(70)23-21-36)55(77)64-43(52(74)61-32)26-34-13-5-3-6-14-34/h3-10,13-18,20-23,29,32-33,40,42-48,60,69-70H,11-12,19,24-28,30-31,58-59H2,1-2H3,(H,61,74)(H,62,76)(H,63,71)(H,64,77)(H,65,78)(H,66,72)(H,67,75)(H,68,73)(H,79,80)/t32-,33+,40-,42-,43-,44-,45-,46-,47-,48-/m0/s1. The summed E-state index contributed by atoms with van der Waals surface area (Å²) in [6, 6.07) is 17.4. The molecule has 5 aromatic rings. The number of carboxylic acid groups (broad SMARTS) is 1. The zero-order chi connectivity index (χ0) is 59.3. The highest BCUT2D eigenvalue weighted by Crippen LogP contribution is 2.24. The molecule has 1 aliphatic rings. The molecule has 8 amide bonds. The van der Waals surface area contributed by atoms with Crippen LogP contribution in [0.2, 0.25) is 0 Å². The molecule has 4 aromatic carbocycles. The molecule has 25 heteroatoms. The highest BCUT2D eigenvalue weighted by molar-refractivity contribution is 8.76. The van der Waals surface area contributed by atoms with E-state index in [-0.39, 0.29) is 55.9 Å². The van der Waals surface area contributed by atoms with E-state index in [1.807, 2.05) is 18.2 Å². The minimum absolute atomic E-state index is 0.00103. The number of para-hydroxylation sites is 1. The zero-order valence-electron chi connectivity index (χ0n) is 45.3. The van der Waals surface area contributed by atoms with E-state index in [0.29, 0.717) is 35.1 Å².